The molecule has 0 fully saturated rings. The average molecular weight is 258 g/mol. The van der Waals surface area contributed by atoms with E-state index in [-0.39, 0.29) is 18.2 Å². The van der Waals surface area contributed by atoms with E-state index in [1.54, 1.807) is 0 Å². The molecule has 2 aromatic rings. The molecular weight excluding hydrogens is 244 g/mol. The Kier molecular flexibility index (Phi) is 2.83. The number of nitrogens with zero attached hydrogens (tertiary/aromatic N) is 1. The Balaban J connectivity index is 1.64. The third-order valence-electron chi connectivity index (χ3n) is 3.40. The molecular formula is C14H14N2O3. The molecule has 1 aromatic carbocycles. The number of hydrogen-bond donors (Lipinski definition) is 2. The van der Waals surface area contributed by atoms with Crippen LogP contribution in [0.2, 0.25) is 0 Å². The molecule has 0 radical (unpaired) electrons. The van der Waals surface area contributed by atoms with Crippen molar-refractivity contribution >= 4 is 5.91 Å². The van der Waals surface area contributed by atoms with E-state index in [2.05, 4.69) is 10.5 Å². The van der Waals surface area contributed by atoms with Crippen molar-refractivity contribution < 1.29 is 14.4 Å². The topological polar surface area (TPSA) is 75.4 Å². The van der Waals surface area contributed by atoms with E-state index in [0.29, 0.717) is 12.8 Å². The van der Waals surface area contributed by atoms with Gasteiger partial charge in [0.1, 0.15) is 0 Å². The fourth-order valence-corrected chi connectivity index (χ4v) is 2.46. The number of aliphatic hydroxyl groups is 1. The largest absolute Gasteiger partial charge is 0.387 e. The van der Waals surface area contributed by atoms with Gasteiger partial charge in [0, 0.05) is 25.5 Å². The van der Waals surface area contributed by atoms with Crippen LogP contribution in [0.1, 0.15) is 21.7 Å². The number of carbonyl (C=O) groups is 1. The predicted molar refractivity (Wildman–Crippen MR) is 67.6 cm³/mol. The maximum atomic E-state index is 11.7. The Hall–Kier alpha value is -2.14. The van der Waals surface area contributed by atoms with Crippen LogP contribution in [-0.2, 0) is 12.8 Å². The number of rotatable bonds is 3. The molecule has 2 N–H and O–H groups in total. The number of hydrogen-bond acceptors (Lipinski definition) is 4. The molecule has 1 heterocycles. The van der Waals surface area contributed by atoms with Gasteiger partial charge in [-0.3, -0.25) is 4.79 Å². The SMILES string of the molecule is O=C(NCC1(O)Cc2ccccc2C1)c1ccno1. The molecule has 3 rings (SSSR count). The average Bonchev–Trinajstić information content (AvgIpc) is 3.02. The lowest BCUT2D eigenvalue weighted by atomic mass is 10.0. The van der Waals surface area contributed by atoms with Gasteiger partial charge in [0.2, 0.25) is 5.76 Å². The van der Waals surface area contributed by atoms with Crippen LogP contribution in [0.25, 0.3) is 0 Å². The third-order valence-corrected chi connectivity index (χ3v) is 3.40. The molecule has 0 saturated heterocycles. The molecule has 0 unspecified atom stereocenters. The lowest BCUT2D eigenvalue weighted by Gasteiger charge is -2.22. The Morgan fingerprint density at radius 1 is 1.32 bits per heavy atom. The first-order valence-corrected chi connectivity index (χ1v) is 6.14. The van der Waals surface area contributed by atoms with Crippen LogP contribution in [0.5, 0.6) is 0 Å². The highest BCUT2D eigenvalue weighted by atomic mass is 16.5. The minimum absolute atomic E-state index is 0.152. The Bertz CT molecular complexity index is 567. The lowest BCUT2D eigenvalue weighted by Crippen LogP contribution is -2.43. The van der Waals surface area contributed by atoms with E-state index in [9.17, 15) is 9.90 Å². The fraction of sp³-hybridized carbons (Fsp3) is 0.286. The third kappa shape index (κ3) is 2.37. The molecule has 0 bridgehead atoms. The van der Waals surface area contributed by atoms with Crippen molar-refractivity contribution in [2.24, 2.45) is 0 Å². The van der Waals surface area contributed by atoms with Gasteiger partial charge in [-0.1, -0.05) is 29.4 Å². The van der Waals surface area contributed by atoms with Crippen LogP contribution in [0.4, 0.5) is 0 Å². The highest BCUT2D eigenvalue weighted by molar-refractivity contribution is 5.91. The zero-order chi connectivity index (χ0) is 13.3. The molecule has 1 amide bonds. The summed E-state index contributed by atoms with van der Waals surface area (Å²) in [6.07, 6.45) is 2.52. The second-order valence-electron chi connectivity index (χ2n) is 4.91. The van der Waals surface area contributed by atoms with Gasteiger partial charge in [-0.15, -0.1) is 0 Å². The highest BCUT2D eigenvalue weighted by Gasteiger charge is 2.35. The Morgan fingerprint density at radius 3 is 2.58 bits per heavy atom. The lowest BCUT2D eigenvalue weighted by molar-refractivity contribution is 0.0471. The van der Waals surface area contributed by atoms with Gasteiger partial charge in [0.05, 0.1) is 11.8 Å². The van der Waals surface area contributed by atoms with Crippen molar-refractivity contribution in [2.45, 2.75) is 18.4 Å². The van der Waals surface area contributed by atoms with Gasteiger partial charge in [-0.25, -0.2) is 0 Å². The normalized spacial score (nSPS) is 16.1. The minimum atomic E-state index is -0.917. The van der Waals surface area contributed by atoms with Gasteiger partial charge in [-0.2, -0.15) is 0 Å². The first-order valence-electron chi connectivity index (χ1n) is 6.14. The van der Waals surface area contributed by atoms with Gasteiger partial charge in [-0.05, 0) is 11.1 Å². The van der Waals surface area contributed by atoms with Crippen LogP contribution in [-0.4, -0.2) is 28.3 Å². The Morgan fingerprint density at radius 2 is 2.00 bits per heavy atom. The number of benzene rings is 1. The van der Waals surface area contributed by atoms with Crippen LogP contribution in [0.15, 0.2) is 41.1 Å². The molecule has 0 atom stereocenters. The van der Waals surface area contributed by atoms with Crippen molar-refractivity contribution in [2.75, 3.05) is 6.54 Å². The van der Waals surface area contributed by atoms with E-state index < -0.39 is 5.60 Å². The number of carbonyl (C=O) groups excluding carboxylic acids is 1. The summed E-state index contributed by atoms with van der Waals surface area (Å²) in [7, 11) is 0. The Labute approximate surface area is 110 Å². The molecule has 5 heteroatoms. The maximum absolute atomic E-state index is 11.7. The van der Waals surface area contributed by atoms with Crippen LogP contribution in [0, 0.1) is 0 Å². The summed E-state index contributed by atoms with van der Waals surface area (Å²) in [4.78, 5) is 11.7. The molecule has 1 aliphatic carbocycles. The van der Waals surface area contributed by atoms with Gasteiger partial charge in [0.25, 0.3) is 5.91 Å². The number of fused-ring (bicyclic) bond motifs is 1. The quantitative estimate of drug-likeness (QED) is 0.859. The van der Waals surface area contributed by atoms with Gasteiger partial charge >= 0.3 is 0 Å². The molecule has 0 spiro atoms. The summed E-state index contributed by atoms with van der Waals surface area (Å²) in [5, 5.41) is 16.7. The number of nitrogens with one attached hydrogen (secondary N) is 1. The molecule has 1 aromatic heterocycles. The number of amides is 1. The van der Waals surface area contributed by atoms with E-state index in [4.69, 9.17) is 4.52 Å². The van der Waals surface area contributed by atoms with Crippen LogP contribution >= 0.6 is 0 Å². The zero-order valence-corrected chi connectivity index (χ0v) is 10.3. The summed E-state index contributed by atoms with van der Waals surface area (Å²) in [6, 6.07) is 9.41. The predicted octanol–water partition coefficient (Wildman–Crippen LogP) is 0.934. The van der Waals surface area contributed by atoms with Crippen molar-refractivity contribution in [3.05, 3.63) is 53.4 Å². The van der Waals surface area contributed by atoms with E-state index in [0.717, 1.165) is 11.1 Å². The molecule has 0 saturated carbocycles. The maximum Gasteiger partial charge on any atom is 0.289 e. The second-order valence-corrected chi connectivity index (χ2v) is 4.91. The van der Waals surface area contributed by atoms with Crippen LogP contribution in [0.3, 0.4) is 0 Å². The summed E-state index contributed by atoms with van der Waals surface area (Å²) in [5.74, 6) is -0.207. The smallest absolute Gasteiger partial charge is 0.289 e. The van der Waals surface area contributed by atoms with E-state index in [1.165, 1.54) is 12.3 Å². The molecule has 98 valence electrons. The number of aromatic nitrogens is 1. The first-order chi connectivity index (χ1) is 9.16. The molecule has 1 aliphatic rings. The van der Waals surface area contributed by atoms with E-state index >= 15 is 0 Å². The highest BCUT2D eigenvalue weighted by Crippen LogP contribution is 2.29. The van der Waals surface area contributed by atoms with Crippen molar-refractivity contribution in [1.29, 1.82) is 0 Å². The summed E-state index contributed by atoms with van der Waals surface area (Å²) in [5.41, 5.74) is 1.36. The van der Waals surface area contributed by atoms with Crippen molar-refractivity contribution in [3.8, 4) is 0 Å². The van der Waals surface area contributed by atoms with Gasteiger partial charge < -0.3 is 14.9 Å². The summed E-state index contributed by atoms with van der Waals surface area (Å²) >= 11 is 0. The molecule has 5 nitrogen and oxygen atoms in total. The summed E-state index contributed by atoms with van der Waals surface area (Å²) < 4.78 is 4.76. The zero-order valence-electron chi connectivity index (χ0n) is 10.3. The monoisotopic (exact) mass is 258 g/mol. The molecule has 0 aliphatic heterocycles. The summed E-state index contributed by atoms with van der Waals surface area (Å²) in [6.45, 7) is 0.196. The van der Waals surface area contributed by atoms with Crippen molar-refractivity contribution in [3.63, 3.8) is 0 Å². The van der Waals surface area contributed by atoms with Gasteiger partial charge in [0.15, 0.2) is 0 Å². The van der Waals surface area contributed by atoms with Crippen LogP contribution < -0.4 is 5.32 Å². The fourth-order valence-electron chi connectivity index (χ4n) is 2.46. The molecule has 19 heavy (non-hydrogen) atoms. The van der Waals surface area contributed by atoms with Crippen molar-refractivity contribution in [1.82, 2.24) is 10.5 Å². The first kappa shape index (κ1) is 11.9. The van der Waals surface area contributed by atoms with E-state index in [1.807, 2.05) is 24.3 Å². The standard InChI is InChI=1S/C14H14N2O3/c17-13(12-5-6-16-19-12)15-9-14(18)7-10-3-1-2-4-11(10)8-14/h1-6,18H,7-9H2,(H,15,17). The second kappa shape index (κ2) is 4.51. The minimum Gasteiger partial charge on any atom is -0.387 e.